The summed E-state index contributed by atoms with van der Waals surface area (Å²) in [6.07, 6.45) is 2.11. The van der Waals surface area contributed by atoms with E-state index in [0.717, 1.165) is 47.8 Å². The summed E-state index contributed by atoms with van der Waals surface area (Å²) in [6, 6.07) is 18.6. The average Bonchev–Trinajstić information content (AvgIpc) is 3.09. The second kappa shape index (κ2) is 6.79. The van der Waals surface area contributed by atoms with Crippen LogP contribution in [0.5, 0.6) is 0 Å². The van der Waals surface area contributed by atoms with Crippen LogP contribution in [0, 0.1) is 0 Å². The summed E-state index contributed by atoms with van der Waals surface area (Å²) in [6.45, 7) is 3.24. The van der Waals surface area contributed by atoms with E-state index >= 15 is 0 Å². The Labute approximate surface area is 149 Å². The van der Waals surface area contributed by atoms with Gasteiger partial charge in [0.05, 0.1) is 18.9 Å². The third kappa shape index (κ3) is 3.09. The summed E-state index contributed by atoms with van der Waals surface area (Å²) in [7, 11) is 0. The molecule has 2 heterocycles. The van der Waals surface area contributed by atoms with Crippen LogP contribution in [-0.2, 0) is 4.74 Å². The minimum atomic E-state index is 0.748. The van der Waals surface area contributed by atoms with Crippen molar-refractivity contribution in [2.24, 2.45) is 0 Å². The average molecular weight is 384 g/mol. The molecule has 0 aliphatic carbocycles. The molecule has 1 fully saturated rings. The van der Waals surface area contributed by atoms with Crippen LogP contribution < -0.4 is 4.90 Å². The molecule has 1 aromatic heterocycles. The topological polar surface area (TPSA) is 30.3 Å². The highest BCUT2D eigenvalue weighted by Gasteiger charge is 2.20. The minimum absolute atomic E-state index is 0.748. The number of hydrogen-bond donors (Lipinski definition) is 0. The summed E-state index contributed by atoms with van der Waals surface area (Å²) < 4.78 is 8.53. The number of para-hydroxylation sites is 1. The largest absolute Gasteiger partial charge is 0.378 e. The number of anilines is 1. The molecular formula is C19H18BrN3O. The van der Waals surface area contributed by atoms with Crippen molar-refractivity contribution in [2.45, 2.75) is 0 Å². The Balaban J connectivity index is 1.80. The van der Waals surface area contributed by atoms with Crippen molar-refractivity contribution in [1.29, 1.82) is 0 Å². The summed E-state index contributed by atoms with van der Waals surface area (Å²) in [4.78, 5) is 2.31. The molecular weight excluding hydrogens is 366 g/mol. The van der Waals surface area contributed by atoms with Gasteiger partial charge in [0.1, 0.15) is 0 Å². The monoisotopic (exact) mass is 383 g/mol. The molecule has 122 valence electrons. The van der Waals surface area contributed by atoms with Crippen molar-refractivity contribution < 1.29 is 4.74 Å². The molecule has 1 saturated heterocycles. The molecule has 4 nitrogen and oxygen atoms in total. The highest BCUT2D eigenvalue weighted by Crippen LogP contribution is 2.32. The number of morpholine rings is 1. The van der Waals surface area contributed by atoms with Crippen molar-refractivity contribution in [3.05, 3.63) is 65.3 Å². The Morgan fingerprint density at radius 2 is 1.62 bits per heavy atom. The van der Waals surface area contributed by atoms with Gasteiger partial charge in [-0.2, -0.15) is 0 Å². The van der Waals surface area contributed by atoms with Crippen molar-refractivity contribution in [3.63, 3.8) is 0 Å². The van der Waals surface area contributed by atoms with E-state index in [2.05, 4.69) is 63.4 Å². The zero-order chi connectivity index (χ0) is 16.4. The number of rotatable bonds is 3. The molecule has 0 spiro atoms. The number of halogens is 1. The molecule has 0 saturated carbocycles. The van der Waals surface area contributed by atoms with E-state index in [4.69, 9.17) is 9.84 Å². The molecule has 2 aromatic carbocycles. The predicted molar refractivity (Wildman–Crippen MR) is 99.7 cm³/mol. The van der Waals surface area contributed by atoms with Crippen LogP contribution in [0.15, 0.2) is 65.3 Å². The van der Waals surface area contributed by atoms with Gasteiger partial charge in [-0.05, 0) is 29.8 Å². The Hall–Kier alpha value is -2.11. The zero-order valence-electron chi connectivity index (χ0n) is 13.2. The summed E-state index contributed by atoms with van der Waals surface area (Å²) in [5.41, 5.74) is 3.38. The maximum atomic E-state index is 5.49. The maximum Gasteiger partial charge on any atom is 0.159 e. The van der Waals surface area contributed by atoms with Gasteiger partial charge in [-0.3, -0.25) is 0 Å². The Morgan fingerprint density at radius 3 is 2.33 bits per heavy atom. The minimum Gasteiger partial charge on any atom is -0.378 e. The van der Waals surface area contributed by atoms with E-state index < -0.39 is 0 Å². The molecule has 24 heavy (non-hydrogen) atoms. The highest BCUT2D eigenvalue weighted by atomic mass is 79.9. The first kappa shape index (κ1) is 15.4. The number of aromatic nitrogens is 2. The Morgan fingerprint density at radius 1 is 0.917 bits per heavy atom. The van der Waals surface area contributed by atoms with E-state index in [9.17, 15) is 0 Å². The van der Waals surface area contributed by atoms with Crippen molar-refractivity contribution in [3.8, 4) is 16.8 Å². The van der Waals surface area contributed by atoms with Gasteiger partial charge in [-0.25, -0.2) is 4.68 Å². The van der Waals surface area contributed by atoms with Crippen molar-refractivity contribution in [2.75, 3.05) is 31.2 Å². The van der Waals surface area contributed by atoms with E-state index in [0.29, 0.717) is 0 Å². The van der Waals surface area contributed by atoms with E-state index in [1.807, 2.05) is 22.9 Å². The molecule has 0 atom stereocenters. The van der Waals surface area contributed by atoms with Gasteiger partial charge in [0.15, 0.2) is 5.82 Å². The van der Waals surface area contributed by atoms with Gasteiger partial charge in [-0.1, -0.05) is 46.3 Å². The van der Waals surface area contributed by atoms with Crippen LogP contribution in [0.2, 0.25) is 0 Å². The molecule has 4 rings (SSSR count). The van der Waals surface area contributed by atoms with Gasteiger partial charge in [0, 0.05) is 29.3 Å². The van der Waals surface area contributed by atoms with Crippen molar-refractivity contribution in [1.82, 2.24) is 9.78 Å². The summed E-state index contributed by atoms with van der Waals surface area (Å²) >= 11 is 3.51. The third-order valence-electron chi connectivity index (χ3n) is 4.18. The molecule has 0 bridgehead atoms. The molecule has 0 amide bonds. The Bertz CT molecular complexity index is 808. The first-order valence-electron chi connectivity index (χ1n) is 8.05. The molecule has 1 aliphatic heterocycles. The molecule has 0 unspecified atom stereocenters. The van der Waals surface area contributed by atoms with Gasteiger partial charge in [0.2, 0.25) is 0 Å². The van der Waals surface area contributed by atoms with E-state index in [1.165, 1.54) is 5.56 Å². The first-order valence-corrected chi connectivity index (χ1v) is 8.84. The lowest BCUT2D eigenvalue weighted by molar-refractivity contribution is 0.122. The third-order valence-corrected chi connectivity index (χ3v) is 4.71. The lowest BCUT2D eigenvalue weighted by Gasteiger charge is -2.27. The summed E-state index contributed by atoms with van der Waals surface area (Å²) in [5, 5.41) is 4.88. The van der Waals surface area contributed by atoms with Crippen molar-refractivity contribution >= 4 is 21.7 Å². The quantitative estimate of drug-likeness (QED) is 0.680. The van der Waals surface area contributed by atoms with Crippen LogP contribution in [0.3, 0.4) is 0 Å². The second-order valence-electron chi connectivity index (χ2n) is 5.75. The zero-order valence-corrected chi connectivity index (χ0v) is 14.8. The fourth-order valence-electron chi connectivity index (χ4n) is 2.92. The van der Waals surface area contributed by atoms with Crippen LogP contribution >= 0.6 is 15.9 Å². The van der Waals surface area contributed by atoms with E-state index in [-0.39, 0.29) is 0 Å². The van der Waals surface area contributed by atoms with Crippen LogP contribution in [0.4, 0.5) is 5.82 Å². The lowest BCUT2D eigenvalue weighted by atomic mass is 10.1. The molecule has 3 aromatic rings. The molecule has 0 radical (unpaired) electrons. The predicted octanol–water partition coefficient (Wildman–Crippen LogP) is 4.14. The standard InChI is InChI=1S/C19H18BrN3O/c20-16-8-6-15(7-9-16)18-14-23(17-4-2-1-3-5-17)21-19(18)22-10-12-24-13-11-22/h1-9,14H,10-13H2. The van der Waals surface area contributed by atoms with Crippen LogP contribution in [0.25, 0.3) is 16.8 Å². The lowest BCUT2D eigenvalue weighted by Crippen LogP contribution is -2.36. The van der Waals surface area contributed by atoms with Crippen LogP contribution in [-0.4, -0.2) is 36.1 Å². The van der Waals surface area contributed by atoms with Crippen LogP contribution in [0.1, 0.15) is 0 Å². The van der Waals surface area contributed by atoms with E-state index in [1.54, 1.807) is 0 Å². The molecule has 0 N–H and O–H groups in total. The number of benzene rings is 2. The van der Waals surface area contributed by atoms with Gasteiger partial charge in [-0.15, -0.1) is 5.10 Å². The smallest absolute Gasteiger partial charge is 0.159 e. The van der Waals surface area contributed by atoms with Gasteiger partial charge < -0.3 is 9.64 Å². The van der Waals surface area contributed by atoms with Gasteiger partial charge in [0.25, 0.3) is 0 Å². The molecule has 5 heteroatoms. The fourth-order valence-corrected chi connectivity index (χ4v) is 3.18. The summed E-state index contributed by atoms with van der Waals surface area (Å²) in [5.74, 6) is 1.02. The second-order valence-corrected chi connectivity index (χ2v) is 6.67. The molecule has 1 aliphatic rings. The van der Waals surface area contributed by atoms with Gasteiger partial charge >= 0.3 is 0 Å². The number of nitrogens with zero attached hydrogens (tertiary/aromatic N) is 3. The maximum absolute atomic E-state index is 5.49. The fraction of sp³-hybridized carbons (Fsp3) is 0.211. The SMILES string of the molecule is Brc1ccc(-c2cn(-c3ccccc3)nc2N2CCOCC2)cc1. The Kier molecular flexibility index (Phi) is 4.36. The number of ether oxygens (including phenoxy) is 1. The first-order chi connectivity index (χ1) is 11.8. The highest BCUT2D eigenvalue weighted by molar-refractivity contribution is 9.10. The normalized spacial score (nSPS) is 14.8. The number of hydrogen-bond acceptors (Lipinski definition) is 3.